The van der Waals surface area contributed by atoms with E-state index >= 15 is 0 Å². The summed E-state index contributed by atoms with van der Waals surface area (Å²) in [5.74, 6) is -0.224. The van der Waals surface area contributed by atoms with Crippen LogP contribution in [0.25, 0.3) is 0 Å². The van der Waals surface area contributed by atoms with Gasteiger partial charge in [-0.2, -0.15) is 0 Å². The van der Waals surface area contributed by atoms with E-state index in [2.05, 4.69) is 26.1 Å². The van der Waals surface area contributed by atoms with Crippen molar-refractivity contribution in [2.75, 3.05) is 11.9 Å². The van der Waals surface area contributed by atoms with E-state index in [1.165, 1.54) is 12.0 Å². The zero-order valence-electron chi connectivity index (χ0n) is 18.0. The molecular weight excluding hydrogens is 360 g/mol. The fourth-order valence-electron chi connectivity index (χ4n) is 3.88. The molecule has 0 bridgehead atoms. The number of carbonyl (C=O) groups excluding carboxylic acids is 2. The van der Waals surface area contributed by atoms with Gasteiger partial charge in [-0.15, -0.1) is 0 Å². The molecule has 2 aromatic carbocycles. The van der Waals surface area contributed by atoms with Crippen molar-refractivity contribution in [1.82, 2.24) is 5.32 Å². The highest BCUT2D eigenvalue weighted by atomic mass is 16.2. The summed E-state index contributed by atoms with van der Waals surface area (Å²) in [5.41, 5.74) is 3.01. The Morgan fingerprint density at radius 3 is 2.17 bits per heavy atom. The molecule has 1 saturated carbocycles. The van der Waals surface area contributed by atoms with E-state index in [-0.39, 0.29) is 23.3 Å². The first kappa shape index (κ1) is 21.1. The summed E-state index contributed by atoms with van der Waals surface area (Å²) in [5, 5.41) is 3.16. The van der Waals surface area contributed by atoms with Gasteiger partial charge >= 0.3 is 0 Å². The van der Waals surface area contributed by atoms with Crippen LogP contribution in [0.5, 0.6) is 0 Å². The first-order valence-corrected chi connectivity index (χ1v) is 10.6. The van der Waals surface area contributed by atoms with Gasteiger partial charge in [-0.1, -0.05) is 64.3 Å². The van der Waals surface area contributed by atoms with Gasteiger partial charge in [0, 0.05) is 18.7 Å². The summed E-state index contributed by atoms with van der Waals surface area (Å²) in [6.45, 7) is 6.45. The van der Waals surface area contributed by atoms with Gasteiger partial charge in [-0.05, 0) is 48.1 Å². The Bertz CT molecular complexity index is 859. The molecule has 0 saturated heterocycles. The Morgan fingerprint density at radius 2 is 1.55 bits per heavy atom. The molecule has 0 unspecified atom stereocenters. The van der Waals surface area contributed by atoms with E-state index in [0.717, 1.165) is 25.7 Å². The molecule has 0 radical (unpaired) electrons. The number of carbonyl (C=O) groups is 2. The first-order chi connectivity index (χ1) is 13.8. The zero-order chi connectivity index (χ0) is 21.0. The van der Waals surface area contributed by atoms with E-state index < -0.39 is 0 Å². The van der Waals surface area contributed by atoms with E-state index in [0.29, 0.717) is 16.8 Å². The third kappa shape index (κ3) is 5.06. The van der Waals surface area contributed by atoms with Crippen molar-refractivity contribution in [1.29, 1.82) is 0 Å². The SMILES string of the molecule is CN(C(=O)c1ccc(C(C)(C)C)cc1)c1ccccc1C(=O)NC1CCCCC1. The lowest BCUT2D eigenvalue weighted by Crippen LogP contribution is -2.37. The Kier molecular flexibility index (Phi) is 6.41. The number of rotatable bonds is 4. The van der Waals surface area contributed by atoms with E-state index in [1.54, 1.807) is 18.0 Å². The first-order valence-electron chi connectivity index (χ1n) is 10.6. The van der Waals surface area contributed by atoms with Gasteiger partial charge in [0.1, 0.15) is 0 Å². The van der Waals surface area contributed by atoms with Crippen LogP contribution in [0, 0.1) is 0 Å². The van der Waals surface area contributed by atoms with Crippen LogP contribution in [0.1, 0.15) is 79.2 Å². The van der Waals surface area contributed by atoms with Crippen LogP contribution >= 0.6 is 0 Å². The lowest BCUT2D eigenvalue weighted by Gasteiger charge is -2.25. The molecule has 2 aromatic rings. The van der Waals surface area contributed by atoms with Crippen molar-refractivity contribution in [3.05, 3.63) is 65.2 Å². The van der Waals surface area contributed by atoms with Gasteiger partial charge in [0.2, 0.25) is 0 Å². The molecule has 0 atom stereocenters. The minimum atomic E-state index is -0.122. The summed E-state index contributed by atoms with van der Waals surface area (Å²) in [6, 6.07) is 15.3. The van der Waals surface area contributed by atoms with Gasteiger partial charge < -0.3 is 10.2 Å². The fourth-order valence-corrected chi connectivity index (χ4v) is 3.88. The molecule has 1 fully saturated rings. The predicted octanol–water partition coefficient (Wildman–Crippen LogP) is 5.32. The van der Waals surface area contributed by atoms with Gasteiger partial charge in [0.25, 0.3) is 11.8 Å². The monoisotopic (exact) mass is 392 g/mol. The second-order valence-corrected chi connectivity index (χ2v) is 9.02. The third-order valence-corrected chi connectivity index (χ3v) is 5.75. The molecule has 4 heteroatoms. The van der Waals surface area contributed by atoms with Gasteiger partial charge in [0.15, 0.2) is 0 Å². The summed E-state index contributed by atoms with van der Waals surface area (Å²) in [6.07, 6.45) is 5.63. The van der Waals surface area contributed by atoms with Crippen molar-refractivity contribution in [3.8, 4) is 0 Å². The molecule has 1 N–H and O–H groups in total. The van der Waals surface area contributed by atoms with Crippen molar-refractivity contribution < 1.29 is 9.59 Å². The number of benzene rings is 2. The van der Waals surface area contributed by atoms with Crippen molar-refractivity contribution in [2.45, 2.75) is 64.3 Å². The Hall–Kier alpha value is -2.62. The number of para-hydroxylation sites is 1. The maximum absolute atomic E-state index is 13.1. The smallest absolute Gasteiger partial charge is 0.258 e. The summed E-state index contributed by atoms with van der Waals surface area (Å²) >= 11 is 0. The van der Waals surface area contributed by atoms with Crippen LogP contribution in [0.3, 0.4) is 0 Å². The molecule has 4 nitrogen and oxygen atoms in total. The average Bonchev–Trinajstić information content (AvgIpc) is 2.73. The second-order valence-electron chi connectivity index (χ2n) is 9.02. The molecule has 1 aliphatic rings. The lowest BCUT2D eigenvalue weighted by atomic mass is 9.86. The molecular formula is C25H32N2O2. The van der Waals surface area contributed by atoms with Crippen molar-refractivity contribution >= 4 is 17.5 Å². The van der Waals surface area contributed by atoms with Crippen molar-refractivity contribution in [2.24, 2.45) is 0 Å². The van der Waals surface area contributed by atoms with E-state index in [4.69, 9.17) is 0 Å². The van der Waals surface area contributed by atoms with Gasteiger partial charge in [-0.25, -0.2) is 0 Å². The minimum absolute atomic E-state index is 0.0390. The topological polar surface area (TPSA) is 49.4 Å². The second kappa shape index (κ2) is 8.81. The molecule has 0 aliphatic heterocycles. The summed E-state index contributed by atoms with van der Waals surface area (Å²) in [7, 11) is 1.73. The number of hydrogen-bond donors (Lipinski definition) is 1. The molecule has 29 heavy (non-hydrogen) atoms. The Labute approximate surface area is 174 Å². The normalized spacial score (nSPS) is 15.0. The summed E-state index contributed by atoms with van der Waals surface area (Å²) in [4.78, 5) is 27.5. The lowest BCUT2D eigenvalue weighted by molar-refractivity contribution is 0.0928. The highest BCUT2D eigenvalue weighted by Crippen LogP contribution is 2.25. The number of hydrogen-bond acceptors (Lipinski definition) is 2. The fraction of sp³-hybridized carbons (Fsp3) is 0.440. The number of nitrogens with zero attached hydrogens (tertiary/aromatic N) is 1. The highest BCUT2D eigenvalue weighted by molar-refractivity contribution is 6.10. The van der Waals surface area contributed by atoms with Gasteiger partial charge in [-0.3, -0.25) is 9.59 Å². The molecule has 0 heterocycles. The highest BCUT2D eigenvalue weighted by Gasteiger charge is 2.23. The number of amides is 2. The Balaban J connectivity index is 1.79. The standard InChI is InChI=1S/C25H32N2O2/c1-25(2,3)19-16-14-18(15-17-19)24(29)27(4)22-13-9-8-12-21(22)23(28)26-20-10-6-5-7-11-20/h8-9,12-17,20H,5-7,10-11H2,1-4H3,(H,26,28). The number of nitrogens with one attached hydrogen (secondary N) is 1. The molecule has 0 spiro atoms. The van der Waals surface area contributed by atoms with Crippen molar-refractivity contribution in [3.63, 3.8) is 0 Å². The number of anilines is 1. The van der Waals surface area contributed by atoms with Crippen LogP contribution in [0.2, 0.25) is 0 Å². The summed E-state index contributed by atoms with van der Waals surface area (Å²) < 4.78 is 0. The molecule has 0 aromatic heterocycles. The largest absolute Gasteiger partial charge is 0.349 e. The zero-order valence-corrected chi connectivity index (χ0v) is 18.0. The molecule has 1 aliphatic carbocycles. The maximum Gasteiger partial charge on any atom is 0.258 e. The predicted molar refractivity (Wildman–Crippen MR) is 119 cm³/mol. The Morgan fingerprint density at radius 1 is 0.931 bits per heavy atom. The molecule has 154 valence electrons. The quantitative estimate of drug-likeness (QED) is 0.765. The van der Waals surface area contributed by atoms with Crippen LogP contribution in [-0.2, 0) is 5.41 Å². The molecule has 2 amide bonds. The van der Waals surface area contributed by atoms with Crippen LogP contribution in [0.4, 0.5) is 5.69 Å². The third-order valence-electron chi connectivity index (χ3n) is 5.75. The van der Waals surface area contributed by atoms with Crippen LogP contribution < -0.4 is 10.2 Å². The average molecular weight is 393 g/mol. The van der Waals surface area contributed by atoms with Gasteiger partial charge in [0.05, 0.1) is 11.3 Å². The van der Waals surface area contributed by atoms with E-state index in [1.807, 2.05) is 42.5 Å². The van der Waals surface area contributed by atoms with Crippen LogP contribution in [-0.4, -0.2) is 24.9 Å². The van der Waals surface area contributed by atoms with E-state index in [9.17, 15) is 9.59 Å². The maximum atomic E-state index is 13.1. The minimum Gasteiger partial charge on any atom is -0.349 e. The van der Waals surface area contributed by atoms with Crippen LogP contribution in [0.15, 0.2) is 48.5 Å². The molecule has 3 rings (SSSR count).